The largest absolute Gasteiger partial charge is 0.480 e. The van der Waals surface area contributed by atoms with Crippen LogP contribution in [0.5, 0.6) is 0 Å². The van der Waals surface area contributed by atoms with Crippen LogP contribution in [0.25, 0.3) is 0 Å². The van der Waals surface area contributed by atoms with E-state index in [-0.39, 0.29) is 11.8 Å². The smallest absolute Gasteiger partial charge is 0.328 e. The molecule has 0 saturated heterocycles. The van der Waals surface area contributed by atoms with Crippen molar-refractivity contribution in [1.29, 1.82) is 0 Å². The lowest BCUT2D eigenvalue weighted by Crippen LogP contribution is -2.59. The maximum Gasteiger partial charge on any atom is 0.328 e. The van der Waals surface area contributed by atoms with Crippen LogP contribution in [-0.4, -0.2) is 64.7 Å². The van der Waals surface area contributed by atoms with E-state index in [9.17, 15) is 24.3 Å². The van der Waals surface area contributed by atoms with Gasteiger partial charge in [0.05, 0.1) is 12.6 Å². The first-order valence-electron chi connectivity index (χ1n) is 11.5. The number of benzene rings is 1. The zero-order valence-corrected chi connectivity index (χ0v) is 20.3. The Morgan fingerprint density at radius 2 is 1.50 bits per heavy atom. The molecule has 0 fully saturated rings. The van der Waals surface area contributed by atoms with E-state index in [0.29, 0.717) is 19.3 Å². The number of aliphatic carboxylic acids is 1. The van der Waals surface area contributed by atoms with Crippen molar-refractivity contribution in [1.82, 2.24) is 16.0 Å². The van der Waals surface area contributed by atoms with E-state index in [1.54, 1.807) is 6.92 Å². The fourth-order valence-electron chi connectivity index (χ4n) is 3.35. The molecule has 190 valence electrons. The number of carboxylic acid groups (broad SMARTS) is 1. The number of carboxylic acids is 1. The van der Waals surface area contributed by atoms with E-state index >= 15 is 0 Å². The van der Waals surface area contributed by atoms with Gasteiger partial charge in [-0.1, -0.05) is 64.4 Å². The van der Waals surface area contributed by atoms with Crippen molar-refractivity contribution in [3.8, 4) is 0 Å². The molecule has 1 aromatic rings. The van der Waals surface area contributed by atoms with Gasteiger partial charge in [0.2, 0.25) is 17.7 Å². The summed E-state index contributed by atoms with van der Waals surface area (Å²) in [6.07, 6.45) is 1.15. The van der Waals surface area contributed by atoms with E-state index in [0.717, 1.165) is 5.56 Å². The van der Waals surface area contributed by atoms with E-state index in [1.807, 2.05) is 51.1 Å². The van der Waals surface area contributed by atoms with Crippen molar-refractivity contribution >= 4 is 23.7 Å². The van der Waals surface area contributed by atoms with Crippen molar-refractivity contribution in [2.75, 3.05) is 6.61 Å². The van der Waals surface area contributed by atoms with Crippen LogP contribution in [0.2, 0.25) is 0 Å². The number of nitrogens with two attached hydrogens (primary N) is 1. The van der Waals surface area contributed by atoms with E-state index < -0.39 is 54.5 Å². The molecule has 0 bridgehead atoms. The second-order valence-electron chi connectivity index (χ2n) is 8.94. The Kier molecular flexibility index (Phi) is 12.2. The summed E-state index contributed by atoms with van der Waals surface area (Å²) in [6.45, 7) is 6.58. The third-order valence-electron chi connectivity index (χ3n) is 5.57. The van der Waals surface area contributed by atoms with Crippen molar-refractivity contribution in [3.63, 3.8) is 0 Å². The molecule has 1 rings (SSSR count). The number of carbonyl (C=O) groups excluding carboxylic acids is 3. The number of aliphatic hydroxyl groups is 1. The van der Waals surface area contributed by atoms with Crippen molar-refractivity contribution in [2.24, 2.45) is 17.6 Å². The average Bonchev–Trinajstić information content (AvgIpc) is 2.79. The lowest BCUT2D eigenvalue weighted by atomic mass is 9.96. The van der Waals surface area contributed by atoms with Gasteiger partial charge in [0, 0.05) is 0 Å². The summed E-state index contributed by atoms with van der Waals surface area (Å²) < 4.78 is 0. The van der Waals surface area contributed by atoms with E-state index in [1.165, 1.54) is 0 Å². The lowest BCUT2D eigenvalue weighted by molar-refractivity contribution is -0.143. The first kappa shape index (κ1) is 29.1. The Labute approximate surface area is 200 Å². The highest BCUT2D eigenvalue weighted by atomic mass is 16.4. The topological polar surface area (TPSA) is 171 Å². The molecule has 0 heterocycles. The molecule has 0 aromatic heterocycles. The molecule has 10 heteroatoms. The van der Waals surface area contributed by atoms with Gasteiger partial charge in [0.15, 0.2) is 0 Å². The maximum atomic E-state index is 13.1. The number of hydrogen-bond donors (Lipinski definition) is 6. The maximum absolute atomic E-state index is 13.1. The highest BCUT2D eigenvalue weighted by molar-refractivity contribution is 5.94. The quantitative estimate of drug-likeness (QED) is 0.221. The second kappa shape index (κ2) is 14.3. The molecule has 0 aliphatic rings. The number of hydrogen-bond acceptors (Lipinski definition) is 6. The predicted molar refractivity (Wildman–Crippen MR) is 128 cm³/mol. The van der Waals surface area contributed by atoms with Gasteiger partial charge in [-0.05, 0) is 30.2 Å². The van der Waals surface area contributed by atoms with Gasteiger partial charge in [0.1, 0.15) is 18.1 Å². The molecule has 5 atom stereocenters. The van der Waals surface area contributed by atoms with Gasteiger partial charge in [0.25, 0.3) is 0 Å². The molecule has 5 unspecified atom stereocenters. The Balaban J connectivity index is 2.95. The molecule has 34 heavy (non-hydrogen) atoms. The molecule has 3 amide bonds. The number of carbonyl (C=O) groups is 4. The fraction of sp³-hybridized carbons (Fsp3) is 0.583. The third-order valence-corrected chi connectivity index (χ3v) is 5.57. The standard InChI is InChI=1S/C24H38N4O6/c1-5-15(4)20(23(32)27-19(13-29)24(33)34)28-22(31)18(11-14(2)3)26-21(30)17(25)12-16-9-7-6-8-10-16/h6-10,14-15,17-20,29H,5,11-13,25H2,1-4H3,(H,26,30)(H,27,32)(H,28,31)(H,33,34). The van der Waals surface area contributed by atoms with Gasteiger partial charge < -0.3 is 31.9 Å². The zero-order valence-electron chi connectivity index (χ0n) is 20.3. The Morgan fingerprint density at radius 3 is 2.00 bits per heavy atom. The van der Waals surface area contributed by atoms with Crippen LogP contribution < -0.4 is 21.7 Å². The lowest BCUT2D eigenvalue weighted by Gasteiger charge is -2.28. The molecular formula is C24H38N4O6. The van der Waals surface area contributed by atoms with Crippen LogP contribution in [-0.2, 0) is 25.6 Å². The Hall–Kier alpha value is -2.98. The summed E-state index contributed by atoms with van der Waals surface area (Å²) in [5.74, 6) is -3.43. The first-order valence-corrected chi connectivity index (χ1v) is 11.5. The van der Waals surface area contributed by atoms with E-state index in [2.05, 4.69) is 16.0 Å². The molecule has 0 aliphatic heterocycles. The van der Waals surface area contributed by atoms with Crippen LogP contribution in [0.3, 0.4) is 0 Å². The summed E-state index contributed by atoms with van der Waals surface area (Å²) in [6, 6.07) is 4.95. The molecule has 0 radical (unpaired) electrons. The van der Waals surface area contributed by atoms with Crippen molar-refractivity contribution < 1.29 is 29.4 Å². The summed E-state index contributed by atoms with van der Waals surface area (Å²) in [5, 5.41) is 25.9. The van der Waals surface area contributed by atoms with Gasteiger partial charge in [-0.2, -0.15) is 0 Å². The average molecular weight is 479 g/mol. The molecule has 0 spiro atoms. The van der Waals surface area contributed by atoms with Gasteiger partial charge in [-0.15, -0.1) is 0 Å². The van der Waals surface area contributed by atoms with Crippen LogP contribution in [0.4, 0.5) is 0 Å². The van der Waals surface area contributed by atoms with Crippen molar-refractivity contribution in [3.05, 3.63) is 35.9 Å². The summed E-state index contributed by atoms with van der Waals surface area (Å²) in [4.78, 5) is 49.7. The normalized spacial score (nSPS) is 15.5. The second-order valence-corrected chi connectivity index (χ2v) is 8.94. The molecule has 1 aromatic carbocycles. The Morgan fingerprint density at radius 1 is 0.912 bits per heavy atom. The van der Waals surface area contributed by atoms with Crippen LogP contribution >= 0.6 is 0 Å². The minimum atomic E-state index is -1.49. The monoisotopic (exact) mass is 478 g/mol. The van der Waals surface area contributed by atoms with Gasteiger partial charge in [-0.25, -0.2) is 4.79 Å². The third kappa shape index (κ3) is 9.48. The SMILES string of the molecule is CCC(C)C(NC(=O)C(CC(C)C)NC(=O)C(N)Cc1ccccc1)C(=O)NC(CO)C(=O)O. The minimum Gasteiger partial charge on any atom is -0.480 e. The Bertz CT molecular complexity index is 817. The van der Waals surface area contributed by atoms with Gasteiger partial charge >= 0.3 is 5.97 Å². The van der Waals surface area contributed by atoms with Crippen LogP contribution in [0.1, 0.15) is 46.1 Å². The van der Waals surface area contributed by atoms with Crippen molar-refractivity contribution in [2.45, 2.75) is 71.1 Å². The van der Waals surface area contributed by atoms with E-state index in [4.69, 9.17) is 10.8 Å². The molecule has 0 saturated carbocycles. The van der Waals surface area contributed by atoms with Crippen LogP contribution in [0, 0.1) is 11.8 Å². The van der Waals surface area contributed by atoms with Crippen LogP contribution in [0.15, 0.2) is 30.3 Å². The number of rotatable bonds is 14. The fourth-order valence-corrected chi connectivity index (χ4v) is 3.35. The molecular weight excluding hydrogens is 440 g/mol. The highest BCUT2D eigenvalue weighted by Gasteiger charge is 2.32. The number of aliphatic hydroxyl groups excluding tert-OH is 1. The molecule has 7 N–H and O–H groups in total. The molecule has 10 nitrogen and oxygen atoms in total. The number of nitrogens with one attached hydrogen (secondary N) is 3. The van der Waals surface area contributed by atoms with Gasteiger partial charge in [-0.3, -0.25) is 14.4 Å². The molecule has 0 aliphatic carbocycles. The number of amides is 3. The minimum absolute atomic E-state index is 0.0584. The summed E-state index contributed by atoms with van der Waals surface area (Å²) in [5.41, 5.74) is 6.95. The zero-order chi connectivity index (χ0) is 25.8. The summed E-state index contributed by atoms with van der Waals surface area (Å²) >= 11 is 0. The first-order chi connectivity index (χ1) is 16.0. The summed E-state index contributed by atoms with van der Waals surface area (Å²) in [7, 11) is 0. The predicted octanol–water partition coefficient (Wildman–Crippen LogP) is 0.180. The highest BCUT2D eigenvalue weighted by Crippen LogP contribution is 2.12.